The third kappa shape index (κ3) is 1.58. The second kappa shape index (κ2) is 3.14. The zero-order valence-electron chi connectivity index (χ0n) is 7.55. The molecule has 1 heterocycles. The van der Waals surface area contributed by atoms with Crippen molar-refractivity contribution in [3.8, 4) is 0 Å². The number of piperidine rings is 1. The number of hydrogen-bond acceptors (Lipinski definition) is 1. The van der Waals surface area contributed by atoms with Crippen molar-refractivity contribution in [2.45, 2.75) is 45.1 Å². The highest BCUT2D eigenvalue weighted by atomic mass is 15.2. The van der Waals surface area contributed by atoms with Crippen LogP contribution in [0.5, 0.6) is 0 Å². The first kappa shape index (κ1) is 7.60. The molecule has 1 saturated carbocycles. The summed E-state index contributed by atoms with van der Waals surface area (Å²) in [5, 5.41) is 0. The largest absolute Gasteiger partial charge is 0.300 e. The number of rotatable bonds is 3. The van der Waals surface area contributed by atoms with Crippen LogP contribution in [-0.2, 0) is 0 Å². The van der Waals surface area contributed by atoms with E-state index in [1.54, 1.807) is 0 Å². The van der Waals surface area contributed by atoms with Crippen LogP contribution in [0, 0.1) is 5.92 Å². The Hall–Kier alpha value is -0.0400. The number of likely N-dealkylation sites (tertiary alicyclic amines) is 1. The molecule has 0 aromatic heterocycles. The van der Waals surface area contributed by atoms with Crippen LogP contribution in [0.3, 0.4) is 0 Å². The smallest absolute Gasteiger partial charge is 0.0127 e. The van der Waals surface area contributed by atoms with Crippen LogP contribution in [-0.4, -0.2) is 24.0 Å². The fourth-order valence-corrected chi connectivity index (χ4v) is 2.35. The van der Waals surface area contributed by atoms with Crippen LogP contribution in [0.2, 0.25) is 0 Å². The monoisotopic (exact) mass is 153 g/mol. The van der Waals surface area contributed by atoms with Gasteiger partial charge in [0.2, 0.25) is 0 Å². The molecule has 1 aliphatic heterocycles. The third-order valence-electron chi connectivity index (χ3n) is 3.17. The highest BCUT2D eigenvalue weighted by molar-refractivity contribution is 4.97. The predicted molar refractivity (Wildman–Crippen MR) is 47.6 cm³/mol. The van der Waals surface area contributed by atoms with Gasteiger partial charge in [0, 0.05) is 6.04 Å². The Morgan fingerprint density at radius 3 is 3.18 bits per heavy atom. The molecule has 1 saturated heterocycles. The quantitative estimate of drug-likeness (QED) is 0.601. The average molecular weight is 153 g/mol. The molecule has 0 unspecified atom stereocenters. The van der Waals surface area contributed by atoms with Gasteiger partial charge in [-0.3, -0.25) is 0 Å². The van der Waals surface area contributed by atoms with Crippen LogP contribution in [0.15, 0.2) is 0 Å². The van der Waals surface area contributed by atoms with Gasteiger partial charge in [-0.25, -0.2) is 0 Å². The Bertz CT molecular complexity index is 133. The molecule has 0 aromatic carbocycles. The van der Waals surface area contributed by atoms with Gasteiger partial charge in [0.25, 0.3) is 0 Å². The molecule has 2 fully saturated rings. The molecule has 0 N–H and O–H groups in total. The van der Waals surface area contributed by atoms with Gasteiger partial charge in [0.05, 0.1) is 0 Å². The maximum absolute atomic E-state index is 2.72. The molecule has 0 aromatic rings. The molecule has 1 heteroatoms. The summed E-state index contributed by atoms with van der Waals surface area (Å²) < 4.78 is 0. The fraction of sp³-hybridized carbons (Fsp3) is 1.00. The highest BCUT2D eigenvalue weighted by Crippen LogP contribution is 2.42. The SMILES string of the molecule is CCCCN1CCC[C@@H]2C[C@@H]21. The number of hydrogen-bond donors (Lipinski definition) is 0. The summed E-state index contributed by atoms with van der Waals surface area (Å²) in [6.07, 6.45) is 7.26. The molecule has 0 bridgehead atoms. The summed E-state index contributed by atoms with van der Waals surface area (Å²) >= 11 is 0. The molecule has 11 heavy (non-hydrogen) atoms. The molecule has 1 nitrogen and oxygen atoms in total. The summed E-state index contributed by atoms with van der Waals surface area (Å²) in [6.45, 7) is 5.05. The molecule has 0 amide bonds. The van der Waals surface area contributed by atoms with E-state index < -0.39 is 0 Å². The molecular formula is C10H19N. The maximum Gasteiger partial charge on any atom is 0.0127 e. The van der Waals surface area contributed by atoms with Gasteiger partial charge in [-0.1, -0.05) is 13.3 Å². The number of unbranched alkanes of at least 4 members (excludes halogenated alkanes) is 1. The lowest BCUT2D eigenvalue weighted by Gasteiger charge is -2.25. The summed E-state index contributed by atoms with van der Waals surface area (Å²) in [5.41, 5.74) is 0. The van der Waals surface area contributed by atoms with Crippen molar-refractivity contribution >= 4 is 0 Å². The predicted octanol–water partition coefficient (Wildman–Crippen LogP) is 2.27. The van der Waals surface area contributed by atoms with E-state index in [2.05, 4.69) is 11.8 Å². The van der Waals surface area contributed by atoms with Gasteiger partial charge in [-0.05, 0) is 44.7 Å². The van der Waals surface area contributed by atoms with Crippen molar-refractivity contribution in [3.05, 3.63) is 0 Å². The fourth-order valence-electron chi connectivity index (χ4n) is 2.35. The summed E-state index contributed by atoms with van der Waals surface area (Å²) in [6, 6.07) is 1.02. The van der Waals surface area contributed by atoms with Crippen LogP contribution < -0.4 is 0 Å². The van der Waals surface area contributed by atoms with E-state index >= 15 is 0 Å². The molecule has 2 aliphatic rings. The molecule has 64 valence electrons. The zero-order chi connectivity index (χ0) is 7.68. The van der Waals surface area contributed by atoms with Gasteiger partial charge in [0.1, 0.15) is 0 Å². The standard InChI is InChI=1S/C10H19N/c1-2-3-6-11-7-4-5-9-8-10(9)11/h9-10H,2-8H2,1H3/t9-,10+/m1/s1. The Kier molecular flexibility index (Phi) is 2.17. The van der Waals surface area contributed by atoms with E-state index in [4.69, 9.17) is 0 Å². The van der Waals surface area contributed by atoms with Gasteiger partial charge in [0.15, 0.2) is 0 Å². The van der Waals surface area contributed by atoms with Gasteiger partial charge < -0.3 is 4.90 Å². The molecule has 2 atom stereocenters. The van der Waals surface area contributed by atoms with Crippen LogP contribution in [0.1, 0.15) is 39.0 Å². The van der Waals surface area contributed by atoms with Crippen molar-refractivity contribution in [3.63, 3.8) is 0 Å². The number of fused-ring (bicyclic) bond motifs is 1. The first-order valence-electron chi connectivity index (χ1n) is 5.16. The minimum atomic E-state index is 1.02. The minimum Gasteiger partial charge on any atom is -0.300 e. The van der Waals surface area contributed by atoms with Crippen LogP contribution in [0.25, 0.3) is 0 Å². The molecule has 1 aliphatic carbocycles. The first-order chi connectivity index (χ1) is 5.42. The second-order valence-electron chi connectivity index (χ2n) is 4.09. The van der Waals surface area contributed by atoms with E-state index in [1.165, 1.54) is 45.2 Å². The minimum absolute atomic E-state index is 1.02. The molecule has 0 spiro atoms. The van der Waals surface area contributed by atoms with E-state index in [0.29, 0.717) is 0 Å². The highest BCUT2D eigenvalue weighted by Gasteiger charge is 2.43. The van der Waals surface area contributed by atoms with E-state index in [1.807, 2.05) is 0 Å². The Morgan fingerprint density at radius 2 is 2.36 bits per heavy atom. The zero-order valence-corrected chi connectivity index (χ0v) is 7.55. The van der Waals surface area contributed by atoms with E-state index in [9.17, 15) is 0 Å². The lowest BCUT2D eigenvalue weighted by atomic mass is 10.1. The van der Waals surface area contributed by atoms with Crippen molar-refractivity contribution < 1.29 is 0 Å². The Morgan fingerprint density at radius 1 is 1.45 bits per heavy atom. The average Bonchev–Trinajstić information content (AvgIpc) is 2.79. The Balaban J connectivity index is 1.75. The van der Waals surface area contributed by atoms with E-state index in [0.717, 1.165) is 12.0 Å². The van der Waals surface area contributed by atoms with Crippen molar-refractivity contribution in [2.75, 3.05) is 13.1 Å². The Labute approximate surface area is 69.8 Å². The molecule has 0 radical (unpaired) electrons. The molecule has 2 rings (SSSR count). The van der Waals surface area contributed by atoms with Gasteiger partial charge >= 0.3 is 0 Å². The third-order valence-corrected chi connectivity index (χ3v) is 3.17. The summed E-state index contributed by atoms with van der Waals surface area (Å²) in [4.78, 5) is 2.72. The van der Waals surface area contributed by atoms with Crippen molar-refractivity contribution in [1.29, 1.82) is 0 Å². The number of nitrogens with zero attached hydrogens (tertiary/aromatic N) is 1. The first-order valence-corrected chi connectivity index (χ1v) is 5.16. The maximum atomic E-state index is 2.72. The lowest BCUT2D eigenvalue weighted by molar-refractivity contribution is 0.212. The van der Waals surface area contributed by atoms with Gasteiger partial charge in [-0.15, -0.1) is 0 Å². The molecular weight excluding hydrogens is 134 g/mol. The van der Waals surface area contributed by atoms with Crippen LogP contribution >= 0.6 is 0 Å². The van der Waals surface area contributed by atoms with Crippen molar-refractivity contribution in [2.24, 2.45) is 5.92 Å². The van der Waals surface area contributed by atoms with E-state index in [-0.39, 0.29) is 0 Å². The second-order valence-corrected chi connectivity index (χ2v) is 4.09. The van der Waals surface area contributed by atoms with Crippen LogP contribution in [0.4, 0.5) is 0 Å². The topological polar surface area (TPSA) is 3.24 Å². The summed E-state index contributed by atoms with van der Waals surface area (Å²) in [7, 11) is 0. The lowest BCUT2D eigenvalue weighted by Crippen LogP contribution is -2.32. The normalized spacial score (nSPS) is 36.8. The van der Waals surface area contributed by atoms with Crippen molar-refractivity contribution in [1.82, 2.24) is 4.90 Å². The van der Waals surface area contributed by atoms with Gasteiger partial charge in [-0.2, -0.15) is 0 Å². The summed E-state index contributed by atoms with van der Waals surface area (Å²) in [5.74, 6) is 1.11.